The molecule has 0 amide bonds. The van der Waals surface area contributed by atoms with E-state index < -0.39 is 0 Å². The summed E-state index contributed by atoms with van der Waals surface area (Å²) in [6.07, 6.45) is 17.0. The summed E-state index contributed by atoms with van der Waals surface area (Å²) in [4.78, 5) is 17.1. The molecule has 1 aliphatic rings. The summed E-state index contributed by atoms with van der Waals surface area (Å²) in [5, 5.41) is 13.3. The fraction of sp³-hybridized carbons (Fsp3) is 0.0968. The van der Waals surface area contributed by atoms with E-state index in [0.29, 0.717) is 5.65 Å². The molecule has 1 aliphatic carbocycles. The average molecular weight is 496 g/mol. The van der Waals surface area contributed by atoms with E-state index >= 15 is 0 Å². The lowest BCUT2D eigenvalue weighted by molar-refractivity contribution is 0.691. The highest BCUT2D eigenvalue weighted by Crippen LogP contribution is 2.34. The van der Waals surface area contributed by atoms with E-state index in [0.717, 1.165) is 69.4 Å². The highest BCUT2D eigenvalue weighted by Gasteiger charge is 2.16. The van der Waals surface area contributed by atoms with E-state index in [-0.39, 0.29) is 0 Å². The van der Waals surface area contributed by atoms with Gasteiger partial charge in [0.1, 0.15) is 0 Å². The Labute approximate surface area is 219 Å². The van der Waals surface area contributed by atoms with Crippen LogP contribution in [-0.2, 0) is 13.1 Å². The third-order valence-corrected chi connectivity index (χ3v) is 6.94. The molecule has 0 bridgehead atoms. The Bertz CT molecular complexity index is 1830. The number of aromatic nitrogens is 6. The van der Waals surface area contributed by atoms with Gasteiger partial charge in [-0.1, -0.05) is 48.6 Å². The molecule has 38 heavy (non-hydrogen) atoms. The van der Waals surface area contributed by atoms with Gasteiger partial charge in [0.25, 0.3) is 0 Å². The lowest BCUT2D eigenvalue weighted by Crippen LogP contribution is -2.12. The zero-order valence-electron chi connectivity index (χ0n) is 20.6. The SMILES string of the molecule is C1=CC(c2cncc3[nH]c(-c4[nH]nc5ncc(-c6cncc(CNCc7ccccc7)c6)cc45)cc23)=CC1. The first-order chi connectivity index (χ1) is 18.8. The summed E-state index contributed by atoms with van der Waals surface area (Å²) < 4.78 is 0. The molecule has 1 aromatic carbocycles. The molecular formula is C31H25N7. The van der Waals surface area contributed by atoms with E-state index in [1.54, 1.807) is 0 Å². The largest absolute Gasteiger partial charge is 0.352 e. The molecule has 5 heterocycles. The zero-order valence-corrected chi connectivity index (χ0v) is 20.6. The smallest absolute Gasteiger partial charge is 0.181 e. The molecular weight excluding hydrogens is 470 g/mol. The van der Waals surface area contributed by atoms with E-state index in [1.807, 2.05) is 37.1 Å². The number of hydrogen-bond donors (Lipinski definition) is 3. The van der Waals surface area contributed by atoms with Crippen molar-refractivity contribution >= 4 is 27.5 Å². The number of allylic oxidation sites excluding steroid dienone is 4. The van der Waals surface area contributed by atoms with Crippen LogP contribution in [0.15, 0.2) is 97.7 Å². The minimum atomic E-state index is 0.677. The van der Waals surface area contributed by atoms with Crippen molar-refractivity contribution in [3.63, 3.8) is 0 Å². The Balaban J connectivity index is 1.19. The first-order valence-electron chi connectivity index (χ1n) is 12.7. The Hall–Kier alpha value is -4.88. The molecule has 5 aromatic heterocycles. The molecule has 0 radical (unpaired) electrons. The van der Waals surface area contributed by atoms with Crippen LogP contribution in [-0.4, -0.2) is 30.1 Å². The maximum Gasteiger partial charge on any atom is 0.181 e. The van der Waals surface area contributed by atoms with Gasteiger partial charge in [-0.2, -0.15) is 5.10 Å². The Morgan fingerprint density at radius 2 is 1.68 bits per heavy atom. The predicted octanol–water partition coefficient (Wildman–Crippen LogP) is 6.20. The van der Waals surface area contributed by atoms with Crippen molar-refractivity contribution in [1.82, 2.24) is 35.5 Å². The normalized spacial score (nSPS) is 13.0. The lowest BCUT2D eigenvalue weighted by Gasteiger charge is -2.07. The van der Waals surface area contributed by atoms with Gasteiger partial charge in [0.2, 0.25) is 0 Å². The Morgan fingerprint density at radius 1 is 0.816 bits per heavy atom. The maximum absolute atomic E-state index is 4.64. The van der Waals surface area contributed by atoms with Crippen LogP contribution in [0, 0.1) is 0 Å². The number of H-pyrrole nitrogens is 2. The van der Waals surface area contributed by atoms with Gasteiger partial charge in [-0.25, -0.2) is 4.98 Å². The minimum Gasteiger partial charge on any atom is -0.352 e. The molecule has 0 aliphatic heterocycles. The van der Waals surface area contributed by atoms with Crippen molar-refractivity contribution in [3.05, 3.63) is 114 Å². The van der Waals surface area contributed by atoms with Crippen molar-refractivity contribution in [1.29, 1.82) is 0 Å². The van der Waals surface area contributed by atoms with Crippen LogP contribution in [0.3, 0.4) is 0 Å². The fourth-order valence-corrected chi connectivity index (χ4v) is 5.03. The zero-order chi connectivity index (χ0) is 25.3. The summed E-state index contributed by atoms with van der Waals surface area (Å²) in [5.41, 5.74) is 10.3. The van der Waals surface area contributed by atoms with Crippen LogP contribution in [0.5, 0.6) is 0 Å². The highest BCUT2D eigenvalue weighted by molar-refractivity contribution is 6.00. The van der Waals surface area contributed by atoms with Gasteiger partial charge < -0.3 is 10.3 Å². The van der Waals surface area contributed by atoms with Crippen molar-refractivity contribution < 1.29 is 0 Å². The van der Waals surface area contributed by atoms with E-state index in [2.05, 4.69) is 96.1 Å². The first kappa shape index (κ1) is 22.3. The monoisotopic (exact) mass is 495 g/mol. The van der Waals surface area contributed by atoms with Gasteiger partial charge in [-0.05, 0) is 41.3 Å². The summed E-state index contributed by atoms with van der Waals surface area (Å²) >= 11 is 0. The average Bonchev–Trinajstić information content (AvgIpc) is 3.73. The van der Waals surface area contributed by atoms with E-state index in [9.17, 15) is 0 Å². The molecule has 0 saturated heterocycles. The third-order valence-electron chi connectivity index (χ3n) is 6.94. The number of fused-ring (bicyclic) bond motifs is 2. The Kier molecular flexibility index (Phi) is 5.60. The van der Waals surface area contributed by atoms with Crippen molar-refractivity contribution in [2.45, 2.75) is 19.5 Å². The number of nitrogens with one attached hydrogen (secondary N) is 3. The third kappa shape index (κ3) is 4.19. The number of pyridine rings is 3. The number of hydrogen-bond acceptors (Lipinski definition) is 5. The van der Waals surface area contributed by atoms with Gasteiger partial charge in [0.05, 0.1) is 23.1 Å². The molecule has 3 N–H and O–H groups in total. The molecule has 7 nitrogen and oxygen atoms in total. The molecule has 7 heteroatoms. The minimum absolute atomic E-state index is 0.677. The van der Waals surface area contributed by atoms with E-state index in [1.165, 1.54) is 11.1 Å². The molecule has 0 atom stereocenters. The van der Waals surface area contributed by atoms with Crippen LogP contribution < -0.4 is 5.32 Å². The molecule has 7 rings (SSSR count). The summed E-state index contributed by atoms with van der Waals surface area (Å²) in [6.45, 7) is 1.55. The lowest BCUT2D eigenvalue weighted by atomic mass is 10.0. The molecule has 0 spiro atoms. The highest BCUT2D eigenvalue weighted by atomic mass is 15.2. The maximum atomic E-state index is 4.64. The van der Waals surface area contributed by atoms with Gasteiger partial charge in [0.15, 0.2) is 5.65 Å². The van der Waals surface area contributed by atoms with Gasteiger partial charge in [-0.15, -0.1) is 0 Å². The Morgan fingerprint density at radius 3 is 2.58 bits per heavy atom. The second-order valence-electron chi connectivity index (χ2n) is 9.49. The van der Waals surface area contributed by atoms with Crippen LogP contribution in [0.1, 0.15) is 23.1 Å². The second-order valence-corrected chi connectivity index (χ2v) is 9.49. The molecule has 0 saturated carbocycles. The predicted molar refractivity (Wildman–Crippen MR) is 151 cm³/mol. The van der Waals surface area contributed by atoms with Crippen LogP contribution >= 0.6 is 0 Å². The molecule has 6 aromatic rings. The summed E-state index contributed by atoms with van der Waals surface area (Å²) in [7, 11) is 0. The van der Waals surface area contributed by atoms with Gasteiger partial charge in [-0.3, -0.25) is 15.1 Å². The summed E-state index contributed by atoms with van der Waals surface area (Å²) in [5.74, 6) is 0. The van der Waals surface area contributed by atoms with Gasteiger partial charge >= 0.3 is 0 Å². The standard InChI is InChI=1S/C31H25N7/c1-2-6-20(7-3-1)13-32-14-21-10-23(16-33-15-21)24-11-26-30(37-38-31(26)35-17-24)28-12-25-27(22-8-4-5-9-22)18-34-19-29(25)36-28/h1-4,6-12,15-19,32,36H,5,13-14H2,(H,35,37,38). The van der Waals surface area contributed by atoms with Gasteiger partial charge in [0, 0.05) is 65.3 Å². The number of benzene rings is 1. The number of rotatable bonds is 7. The van der Waals surface area contributed by atoms with Crippen molar-refractivity contribution in [3.8, 4) is 22.5 Å². The van der Waals surface area contributed by atoms with Crippen molar-refractivity contribution in [2.24, 2.45) is 0 Å². The summed E-state index contributed by atoms with van der Waals surface area (Å²) in [6, 6.07) is 16.9. The van der Waals surface area contributed by atoms with Crippen LogP contribution in [0.2, 0.25) is 0 Å². The quantitative estimate of drug-likeness (QED) is 0.245. The molecule has 184 valence electrons. The topological polar surface area (TPSA) is 95.2 Å². The second kappa shape index (κ2) is 9.53. The fourth-order valence-electron chi connectivity index (χ4n) is 5.03. The van der Waals surface area contributed by atoms with E-state index in [4.69, 9.17) is 0 Å². The number of aromatic amines is 2. The van der Waals surface area contributed by atoms with Crippen molar-refractivity contribution in [2.75, 3.05) is 0 Å². The number of nitrogens with zero attached hydrogens (tertiary/aromatic N) is 4. The molecule has 0 unspecified atom stereocenters. The van der Waals surface area contributed by atoms with Crippen LogP contribution in [0.4, 0.5) is 0 Å². The van der Waals surface area contributed by atoms with Crippen LogP contribution in [0.25, 0.3) is 50.0 Å². The molecule has 0 fully saturated rings. The first-order valence-corrected chi connectivity index (χ1v) is 12.7.